The topological polar surface area (TPSA) is 105 Å². The van der Waals surface area contributed by atoms with E-state index in [1.165, 1.54) is 0 Å². The number of nitrogens with zero attached hydrogens (tertiary/aromatic N) is 6. The summed E-state index contributed by atoms with van der Waals surface area (Å²) in [5.74, 6) is 2.61. The van der Waals surface area contributed by atoms with Gasteiger partial charge in [-0.25, -0.2) is 9.67 Å². The number of methoxy groups -OCH3 is 1. The molecule has 3 aromatic heterocycles. The van der Waals surface area contributed by atoms with Gasteiger partial charge in [0.25, 0.3) is 5.89 Å². The number of ether oxygens (including phenoxy) is 1. The summed E-state index contributed by atoms with van der Waals surface area (Å²) >= 11 is 5.95. The third kappa shape index (κ3) is 3.98. The van der Waals surface area contributed by atoms with Crippen molar-refractivity contribution in [3.05, 3.63) is 70.7 Å². The van der Waals surface area contributed by atoms with Crippen molar-refractivity contribution in [1.82, 2.24) is 30.1 Å². The minimum atomic E-state index is 0.287. The molecule has 0 amide bonds. The largest absolute Gasteiger partial charge is 0.496 e. The van der Waals surface area contributed by atoms with Crippen LogP contribution in [0.2, 0.25) is 5.02 Å². The van der Waals surface area contributed by atoms with Gasteiger partial charge in [-0.1, -0.05) is 34.1 Å². The molecule has 2 aromatic carbocycles. The minimum absolute atomic E-state index is 0.287. The predicted molar refractivity (Wildman–Crippen MR) is 121 cm³/mol. The molecule has 0 bridgehead atoms. The van der Waals surface area contributed by atoms with Crippen molar-refractivity contribution < 1.29 is 13.7 Å². The molecule has 33 heavy (non-hydrogen) atoms. The van der Waals surface area contributed by atoms with Crippen LogP contribution in [0.15, 0.2) is 57.5 Å². The molecular weight excluding hydrogens is 444 g/mol. The number of benzene rings is 2. The summed E-state index contributed by atoms with van der Waals surface area (Å²) < 4.78 is 18.5. The Labute approximate surface area is 194 Å². The highest BCUT2D eigenvalue weighted by Gasteiger charge is 2.21. The first-order chi connectivity index (χ1) is 16.0. The summed E-state index contributed by atoms with van der Waals surface area (Å²) in [5, 5.41) is 13.2. The third-order valence-corrected chi connectivity index (χ3v) is 5.50. The van der Waals surface area contributed by atoms with Crippen molar-refractivity contribution in [2.45, 2.75) is 20.4 Å². The zero-order valence-corrected chi connectivity index (χ0v) is 18.9. The Balaban J connectivity index is 1.41. The number of halogens is 1. The van der Waals surface area contributed by atoms with E-state index in [1.54, 1.807) is 23.9 Å². The molecule has 0 saturated carbocycles. The molecule has 0 aliphatic heterocycles. The third-order valence-electron chi connectivity index (χ3n) is 5.24. The first-order valence-corrected chi connectivity index (χ1v) is 10.5. The van der Waals surface area contributed by atoms with Gasteiger partial charge in [0.05, 0.1) is 24.9 Å². The Kier molecular flexibility index (Phi) is 5.39. The van der Waals surface area contributed by atoms with Crippen LogP contribution in [0.1, 0.15) is 17.1 Å². The van der Waals surface area contributed by atoms with E-state index < -0.39 is 0 Å². The molecule has 10 heteroatoms. The van der Waals surface area contributed by atoms with Crippen molar-refractivity contribution in [3.8, 4) is 40.2 Å². The standard InChI is InChI=1S/C23H19ClN6O3/c1-13-20(23-26-21(28-33-23)15-8-10-16(24)11-9-15)27-29-30(13)12-18-14(2)32-22(25-18)17-6-4-5-7-19(17)31-3/h4-11H,12H2,1-3H3. The minimum Gasteiger partial charge on any atom is -0.496 e. The summed E-state index contributed by atoms with van der Waals surface area (Å²) in [7, 11) is 1.62. The molecule has 5 aromatic rings. The van der Waals surface area contributed by atoms with Crippen LogP contribution < -0.4 is 4.74 Å². The molecule has 0 radical (unpaired) electrons. The first kappa shape index (κ1) is 20.9. The van der Waals surface area contributed by atoms with Crippen molar-refractivity contribution in [1.29, 1.82) is 0 Å². The molecule has 0 aliphatic rings. The van der Waals surface area contributed by atoms with Crippen LogP contribution in [-0.2, 0) is 6.54 Å². The zero-order valence-electron chi connectivity index (χ0n) is 18.1. The molecular formula is C23H19ClN6O3. The summed E-state index contributed by atoms with van der Waals surface area (Å²) in [6, 6.07) is 14.8. The number of hydrogen-bond donors (Lipinski definition) is 0. The fourth-order valence-corrected chi connectivity index (χ4v) is 3.52. The summed E-state index contributed by atoms with van der Waals surface area (Å²) in [6.07, 6.45) is 0. The lowest BCUT2D eigenvalue weighted by Crippen LogP contribution is -2.05. The van der Waals surface area contributed by atoms with Gasteiger partial charge in [0.2, 0.25) is 11.7 Å². The molecule has 0 atom stereocenters. The highest BCUT2D eigenvalue weighted by Crippen LogP contribution is 2.31. The number of aromatic nitrogens is 6. The second kappa shape index (κ2) is 8.51. The lowest BCUT2D eigenvalue weighted by Gasteiger charge is -2.03. The van der Waals surface area contributed by atoms with Crippen LogP contribution in [0, 0.1) is 13.8 Å². The van der Waals surface area contributed by atoms with Crippen LogP contribution in [0.4, 0.5) is 0 Å². The van der Waals surface area contributed by atoms with Gasteiger partial charge in [0.1, 0.15) is 17.2 Å². The van der Waals surface area contributed by atoms with Gasteiger partial charge < -0.3 is 13.7 Å². The quantitative estimate of drug-likeness (QED) is 0.348. The van der Waals surface area contributed by atoms with Crippen LogP contribution in [-0.4, -0.2) is 37.2 Å². The summed E-state index contributed by atoms with van der Waals surface area (Å²) in [5.41, 5.74) is 3.59. The van der Waals surface area contributed by atoms with Crippen molar-refractivity contribution in [2.75, 3.05) is 7.11 Å². The van der Waals surface area contributed by atoms with E-state index in [-0.39, 0.29) is 5.89 Å². The van der Waals surface area contributed by atoms with E-state index in [9.17, 15) is 0 Å². The molecule has 0 N–H and O–H groups in total. The predicted octanol–water partition coefficient (Wildman–Crippen LogP) is 4.98. The molecule has 0 unspecified atom stereocenters. The fraction of sp³-hybridized carbons (Fsp3) is 0.174. The molecule has 0 fully saturated rings. The van der Waals surface area contributed by atoms with Gasteiger partial charge in [0.15, 0.2) is 5.69 Å². The Morgan fingerprint density at radius 1 is 1.00 bits per heavy atom. The Hall–Kier alpha value is -3.98. The van der Waals surface area contributed by atoms with Gasteiger partial charge in [-0.3, -0.25) is 0 Å². The Morgan fingerprint density at radius 3 is 2.58 bits per heavy atom. The van der Waals surface area contributed by atoms with E-state index >= 15 is 0 Å². The number of aryl methyl sites for hydroxylation is 1. The lowest BCUT2D eigenvalue weighted by molar-refractivity contribution is 0.414. The summed E-state index contributed by atoms with van der Waals surface area (Å²) in [6.45, 7) is 4.13. The number of hydrogen-bond acceptors (Lipinski definition) is 8. The van der Waals surface area contributed by atoms with E-state index in [1.807, 2.05) is 50.2 Å². The molecule has 0 saturated heterocycles. The number of rotatable bonds is 6. The van der Waals surface area contributed by atoms with Crippen LogP contribution in [0.3, 0.4) is 0 Å². The molecule has 0 aliphatic carbocycles. The van der Waals surface area contributed by atoms with Crippen molar-refractivity contribution in [3.63, 3.8) is 0 Å². The first-order valence-electron chi connectivity index (χ1n) is 10.1. The molecule has 3 heterocycles. The second-order valence-electron chi connectivity index (χ2n) is 7.33. The van der Waals surface area contributed by atoms with Gasteiger partial charge in [-0.2, -0.15) is 4.98 Å². The van der Waals surface area contributed by atoms with Crippen molar-refractivity contribution >= 4 is 11.6 Å². The normalized spacial score (nSPS) is 11.2. The fourth-order valence-electron chi connectivity index (χ4n) is 3.40. The van der Waals surface area contributed by atoms with Gasteiger partial charge in [0, 0.05) is 10.6 Å². The van der Waals surface area contributed by atoms with Crippen LogP contribution in [0.25, 0.3) is 34.4 Å². The van der Waals surface area contributed by atoms with Gasteiger partial charge >= 0.3 is 0 Å². The Morgan fingerprint density at radius 2 is 1.79 bits per heavy atom. The maximum atomic E-state index is 5.95. The number of oxazole rings is 1. The highest BCUT2D eigenvalue weighted by atomic mass is 35.5. The molecule has 166 valence electrons. The van der Waals surface area contributed by atoms with Gasteiger partial charge in [-0.05, 0) is 50.2 Å². The average molecular weight is 463 g/mol. The monoisotopic (exact) mass is 462 g/mol. The summed E-state index contributed by atoms with van der Waals surface area (Å²) in [4.78, 5) is 9.12. The molecule has 9 nitrogen and oxygen atoms in total. The van der Waals surface area contributed by atoms with E-state index in [4.69, 9.17) is 25.3 Å². The molecule has 0 spiro atoms. The smallest absolute Gasteiger partial charge is 0.280 e. The Bertz CT molecular complexity index is 1420. The van der Waals surface area contributed by atoms with Crippen LogP contribution >= 0.6 is 11.6 Å². The van der Waals surface area contributed by atoms with E-state index in [0.29, 0.717) is 40.5 Å². The van der Waals surface area contributed by atoms with Crippen LogP contribution in [0.5, 0.6) is 5.75 Å². The molecule has 5 rings (SSSR count). The average Bonchev–Trinajstić information content (AvgIpc) is 3.54. The lowest BCUT2D eigenvalue weighted by atomic mass is 10.2. The van der Waals surface area contributed by atoms with E-state index in [2.05, 4.69) is 25.4 Å². The van der Waals surface area contributed by atoms with E-state index in [0.717, 1.165) is 22.5 Å². The maximum absolute atomic E-state index is 5.95. The van der Waals surface area contributed by atoms with Gasteiger partial charge in [-0.15, -0.1) is 5.10 Å². The SMILES string of the molecule is COc1ccccc1-c1nc(Cn2nnc(-c3nc(-c4ccc(Cl)cc4)no3)c2C)c(C)o1. The van der Waals surface area contributed by atoms with Crippen molar-refractivity contribution in [2.24, 2.45) is 0 Å². The maximum Gasteiger partial charge on any atom is 0.280 e. The number of para-hydroxylation sites is 1. The highest BCUT2D eigenvalue weighted by molar-refractivity contribution is 6.30. The second-order valence-corrected chi connectivity index (χ2v) is 7.77. The zero-order chi connectivity index (χ0) is 22.9.